The number of piperazine rings is 1. The monoisotopic (exact) mass is 321 g/mol. The first-order valence-corrected chi connectivity index (χ1v) is 8.51. The SMILES string of the molecule is C[C@@H](C(=O)NC1CC1)N1CCN(Cc2ccc(Cl)cc2)CC1. The highest BCUT2D eigenvalue weighted by Gasteiger charge is 2.29. The van der Waals surface area contributed by atoms with Crippen LogP contribution in [0.3, 0.4) is 0 Å². The molecule has 1 amide bonds. The van der Waals surface area contributed by atoms with E-state index < -0.39 is 0 Å². The summed E-state index contributed by atoms with van der Waals surface area (Å²) in [7, 11) is 0. The van der Waals surface area contributed by atoms with Crippen molar-refractivity contribution in [3.05, 3.63) is 34.9 Å². The van der Waals surface area contributed by atoms with Crippen molar-refractivity contribution in [2.75, 3.05) is 26.2 Å². The molecule has 1 aliphatic heterocycles. The first kappa shape index (κ1) is 15.8. The number of benzene rings is 1. The standard InChI is InChI=1S/C17H24ClN3O/c1-13(17(22)19-16-6-7-16)21-10-8-20(9-11-21)12-14-2-4-15(18)5-3-14/h2-5,13,16H,6-12H2,1H3,(H,19,22)/t13-/m0/s1. The van der Waals surface area contributed by atoms with Gasteiger partial charge in [0, 0.05) is 43.8 Å². The molecular weight excluding hydrogens is 298 g/mol. The maximum Gasteiger partial charge on any atom is 0.237 e. The van der Waals surface area contributed by atoms with Crippen LogP contribution in [0.2, 0.25) is 5.02 Å². The third-order valence-corrected chi connectivity index (χ3v) is 4.83. The fraction of sp³-hybridized carbons (Fsp3) is 0.588. The second kappa shape index (κ2) is 6.99. The average Bonchev–Trinajstić information content (AvgIpc) is 3.33. The number of nitrogens with one attached hydrogen (secondary N) is 1. The summed E-state index contributed by atoms with van der Waals surface area (Å²) >= 11 is 5.92. The lowest BCUT2D eigenvalue weighted by Crippen LogP contribution is -2.53. The predicted molar refractivity (Wildman–Crippen MR) is 88.9 cm³/mol. The van der Waals surface area contributed by atoms with Gasteiger partial charge in [0.15, 0.2) is 0 Å². The Hall–Kier alpha value is -1.10. The third kappa shape index (κ3) is 4.22. The van der Waals surface area contributed by atoms with Gasteiger partial charge in [0.25, 0.3) is 0 Å². The van der Waals surface area contributed by atoms with Crippen molar-refractivity contribution in [1.29, 1.82) is 0 Å². The van der Waals surface area contributed by atoms with Gasteiger partial charge in [-0.2, -0.15) is 0 Å². The zero-order valence-electron chi connectivity index (χ0n) is 13.1. The molecule has 22 heavy (non-hydrogen) atoms. The summed E-state index contributed by atoms with van der Waals surface area (Å²) < 4.78 is 0. The molecule has 0 spiro atoms. The summed E-state index contributed by atoms with van der Waals surface area (Å²) in [6.45, 7) is 6.88. The highest BCUT2D eigenvalue weighted by atomic mass is 35.5. The van der Waals surface area contributed by atoms with Gasteiger partial charge in [-0.15, -0.1) is 0 Å². The topological polar surface area (TPSA) is 35.6 Å². The minimum atomic E-state index is -0.0155. The van der Waals surface area contributed by atoms with E-state index in [2.05, 4.69) is 27.2 Å². The summed E-state index contributed by atoms with van der Waals surface area (Å²) in [4.78, 5) is 16.8. The number of amides is 1. The van der Waals surface area contributed by atoms with E-state index in [1.54, 1.807) is 0 Å². The number of hydrogen-bond acceptors (Lipinski definition) is 3. The Morgan fingerprint density at radius 1 is 1.23 bits per heavy atom. The van der Waals surface area contributed by atoms with Crippen molar-refractivity contribution in [2.24, 2.45) is 0 Å². The molecule has 1 aromatic carbocycles. The van der Waals surface area contributed by atoms with Crippen LogP contribution in [-0.2, 0) is 11.3 Å². The molecular formula is C17H24ClN3O. The number of carbonyl (C=O) groups excluding carboxylic acids is 1. The molecule has 1 saturated carbocycles. The molecule has 0 aromatic heterocycles. The molecule has 1 saturated heterocycles. The van der Waals surface area contributed by atoms with Gasteiger partial charge in [-0.3, -0.25) is 14.6 Å². The van der Waals surface area contributed by atoms with Gasteiger partial charge in [-0.05, 0) is 37.5 Å². The molecule has 2 fully saturated rings. The van der Waals surface area contributed by atoms with E-state index in [-0.39, 0.29) is 11.9 Å². The molecule has 1 aromatic rings. The van der Waals surface area contributed by atoms with Crippen molar-refractivity contribution < 1.29 is 4.79 Å². The Morgan fingerprint density at radius 2 is 1.86 bits per heavy atom. The smallest absolute Gasteiger partial charge is 0.237 e. The Morgan fingerprint density at radius 3 is 2.45 bits per heavy atom. The first-order chi connectivity index (χ1) is 10.6. The van der Waals surface area contributed by atoms with Crippen molar-refractivity contribution in [2.45, 2.75) is 38.4 Å². The van der Waals surface area contributed by atoms with Crippen molar-refractivity contribution in [1.82, 2.24) is 15.1 Å². The van der Waals surface area contributed by atoms with Crippen LogP contribution in [0.15, 0.2) is 24.3 Å². The lowest BCUT2D eigenvalue weighted by Gasteiger charge is -2.37. The largest absolute Gasteiger partial charge is 0.352 e. The van der Waals surface area contributed by atoms with Gasteiger partial charge in [0.05, 0.1) is 6.04 Å². The molecule has 0 radical (unpaired) electrons. The highest BCUT2D eigenvalue weighted by molar-refractivity contribution is 6.30. The number of carbonyl (C=O) groups is 1. The zero-order chi connectivity index (χ0) is 15.5. The number of hydrogen-bond donors (Lipinski definition) is 1. The highest BCUT2D eigenvalue weighted by Crippen LogP contribution is 2.19. The van der Waals surface area contributed by atoms with Gasteiger partial charge in [-0.1, -0.05) is 23.7 Å². The Kier molecular flexibility index (Phi) is 5.01. The fourth-order valence-corrected chi connectivity index (χ4v) is 3.00. The predicted octanol–water partition coefficient (Wildman–Crippen LogP) is 2.12. The lowest BCUT2D eigenvalue weighted by atomic mass is 10.1. The van der Waals surface area contributed by atoms with E-state index in [0.717, 1.165) is 50.6 Å². The van der Waals surface area contributed by atoms with E-state index in [9.17, 15) is 4.79 Å². The van der Waals surface area contributed by atoms with E-state index in [1.165, 1.54) is 5.56 Å². The number of rotatable bonds is 5. The van der Waals surface area contributed by atoms with Crippen LogP contribution in [0, 0.1) is 0 Å². The minimum Gasteiger partial charge on any atom is -0.352 e. The summed E-state index contributed by atoms with van der Waals surface area (Å²) in [6.07, 6.45) is 2.29. The molecule has 5 heteroatoms. The van der Waals surface area contributed by atoms with Gasteiger partial charge < -0.3 is 5.32 Å². The molecule has 1 heterocycles. The Bertz CT molecular complexity index is 507. The van der Waals surface area contributed by atoms with E-state index in [0.29, 0.717) is 6.04 Å². The van der Waals surface area contributed by atoms with E-state index >= 15 is 0 Å². The molecule has 1 N–H and O–H groups in total. The maximum atomic E-state index is 12.1. The van der Waals surface area contributed by atoms with Gasteiger partial charge >= 0.3 is 0 Å². The molecule has 1 aliphatic carbocycles. The Balaban J connectivity index is 1.45. The average molecular weight is 322 g/mol. The lowest BCUT2D eigenvalue weighted by molar-refractivity contribution is -0.126. The van der Waals surface area contributed by atoms with Gasteiger partial charge in [0.1, 0.15) is 0 Å². The normalized spacial score (nSPS) is 21.5. The summed E-state index contributed by atoms with van der Waals surface area (Å²) in [5.41, 5.74) is 1.29. The Labute approximate surface area is 137 Å². The molecule has 3 rings (SSSR count). The van der Waals surface area contributed by atoms with Crippen LogP contribution in [-0.4, -0.2) is 54.0 Å². The zero-order valence-corrected chi connectivity index (χ0v) is 13.9. The third-order valence-electron chi connectivity index (χ3n) is 4.58. The molecule has 0 bridgehead atoms. The summed E-state index contributed by atoms with van der Waals surface area (Å²) in [5, 5.41) is 3.88. The minimum absolute atomic E-state index is 0.0155. The second-order valence-electron chi connectivity index (χ2n) is 6.40. The van der Waals surface area contributed by atoms with Crippen LogP contribution in [0.4, 0.5) is 0 Å². The van der Waals surface area contributed by atoms with Crippen LogP contribution in [0.25, 0.3) is 0 Å². The molecule has 2 aliphatic rings. The maximum absolute atomic E-state index is 12.1. The molecule has 1 atom stereocenters. The van der Waals surface area contributed by atoms with Crippen LogP contribution < -0.4 is 5.32 Å². The van der Waals surface area contributed by atoms with Crippen LogP contribution in [0.1, 0.15) is 25.3 Å². The van der Waals surface area contributed by atoms with Gasteiger partial charge in [0.2, 0.25) is 5.91 Å². The van der Waals surface area contributed by atoms with Crippen molar-refractivity contribution >= 4 is 17.5 Å². The quantitative estimate of drug-likeness (QED) is 0.902. The summed E-state index contributed by atoms with van der Waals surface area (Å²) in [6, 6.07) is 8.48. The number of nitrogens with zero attached hydrogens (tertiary/aromatic N) is 2. The first-order valence-electron chi connectivity index (χ1n) is 8.13. The van der Waals surface area contributed by atoms with Crippen molar-refractivity contribution in [3.63, 3.8) is 0 Å². The van der Waals surface area contributed by atoms with E-state index in [1.807, 2.05) is 19.1 Å². The van der Waals surface area contributed by atoms with Crippen LogP contribution >= 0.6 is 11.6 Å². The van der Waals surface area contributed by atoms with Gasteiger partial charge in [-0.25, -0.2) is 0 Å². The summed E-state index contributed by atoms with van der Waals surface area (Å²) in [5.74, 6) is 0.189. The fourth-order valence-electron chi connectivity index (χ4n) is 2.87. The van der Waals surface area contributed by atoms with Crippen LogP contribution in [0.5, 0.6) is 0 Å². The van der Waals surface area contributed by atoms with Crippen molar-refractivity contribution in [3.8, 4) is 0 Å². The molecule has 120 valence electrons. The molecule has 0 unspecified atom stereocenters. The van der Waals surface area contributed by atoms with E-state index in [4.69, 9.17) is 11.6 Å². The number of halogens is 1. The second-order valence-corrected chi connectivity index (χ2v) is 6.83. The molecule has 4 nitrogen and oxygen atoms in total.